The first kappa shape index (κ1) is 24.5. The van der Waals surface area contributed by atoms with Crippen molar-refractivity contribution in [2.45, 2.75) is 70.3 Å². The Morgan fingerprint density at radius 3 is 2.08 bits per heavy atom. The highest BCUT2D eigenvalue weighted by molar-refractivity contribution is 5.99. The summed E-state index contributed by atoms with van der Waals surface area (Å²) in [6, 6.07) is 0. The molecule has 1 unspecified atom stereocenters. The highest BCUT2D eigenvalue weighted by Crippen LogP contribution is 2.17. The molecular weight excluding hydrogens is 330 g/mol. The molecule has 0 aromatic carbocycles. The van der Waals surface area contributed by atoms with Crippen molar-refractivity contribution in [1.82, 2.24) is 0 Å². The number of hydrogen-bond acceptors (Lipinski definition) is 3. The molecule has 1 atom stereocenters. The normalized spacial score (nSPS) is 14.8. The van der Waals surface area contributed by atoms with Crippen LogP contribution in [0.1, 0.15) is 64.7 Å². The molecule has 150 valence electrons. The number of unbranched alkanes of at least 4 members (excludes halogenated alkanes) is 7. The van der Waals surface area contributed by atoms with E-state index < -0.39 is 23.8 Å². The quantitative estimate of drug-likeness (QED) is 0.200. The molecule has 0 saturated heterocycles. The van der Waals surface area contributed by atoms with Crippen molar-refractivity contribution >= 4 is 11.8 Å². The minimum atomic E-state index is -1.88. The van der Waals surface area contributed by atoms with E-state index in [1.165, 1.54) is 44.6 Å². The number of aliphatic hydroxyl groups is 1. The van der Waals surface area contributed by atoms with E-state index in [0.717, 1.165) is 12.8 Å². The fourth-order valence-electron chi connectivity index (χ4n) is 2.95. The Kier molecular flexibility index (Phi) is 12.1. The Hall–Kier alpha value is -1.46. The van der Waals surface area contributed by atoms with Crippen molar-refractivity contribution in [3.63, 3.8) is 0 Å². The van der Waals surface area contributed by atoms with E-state index >= 15 is 0 Å². The lowest BCUT2D eigenvalue weighted by atomic mass is 9.92. The number of likely N-dealkylation sites (N-methyl/N-ethyl adjacent to an activating group) is 1. The van der Waals surface area contributed by atoms with Crippen LogP contribution in [0.2, 0.25) is 0 Å². The molecule has 5 nitrogen and oxygen atoms in total. The smallest absolute Gasteiger partial charge is 0.307 e. The average molecular weight is 369 g/mol. The zero-order chi connectivity index (χ0) is 20.1. The number of aliphatic carboxylic acids is 1. The van der Waals surface area contributed by atoms with Gasteiger partial charge in [-0.1, -0.05) is 63.7 Å². The molecule has 0 bridgehead atoms. The van der Waals surface area contributed by atoms with E-state index in [-0.39, 0.29) is 6.54 Å². The monoisotopic (exact) mass is 368 g/mol. The molecule has 0 spiro atoms. The van der Waals surface area contributed by atoms with E-state index in [1.807, 2.05) is 27.2 Å². The maximum atomic E-state index is 12.3. The van der Waals surface area contributed by atoms with Crippen LogP contribution in [0.3, 0.4) is 0 Å². The van der Waals surface area contributed by atoms with Gasteiger partial charge in [-0.2, -0.15) is 0 Å². The third-order valence-corrected chi connectivity index (χ3v) is 4.11. The fourth-order valence-corrected chi connectivity index (χ4v) is 2.95. The minimum absolute atomic E-state index is 0.0459. The van der Waals surface area contributed by atoms with Gasteiger partial charge in [0, 0.05) is 0 Å². The number of carbonyl (C=O) groups is 2. The first-order valence-corrected chi connectivity index (χ1v) is 9.73. The summed E-state index contributed by atoms with van der Waals surface area (Å²) in [5.74, 6) is -1.74. The first-order chi connectivity index (χ1) is 12.1. The second-order valence-corrected chi connectivity index (χ2v) is 8.11. The number of rotatable bonds is 15. The van der Waals surface area contributed by atoms with E-state index in [1.54, 1.807) is 12.2 Å². The average Bonchev–Trinajstić information content (AvgIpc) is 2.49. The van der Waals surface area contributed by atoms with Gasteiger partial charge in [0.1, 0.15) is 6.54 Å². The number of allylic oxidation sites excluding steroid dienone is 3. The van der Waals surface area contributed by atoms with Gasteiger partial charge in [-0.3, -0.25) is 9.59 Å². The molecule has 0 aromatic heterocycles. The predicted octanol–water partition coefficient (Wildman–Crippen LogP) is 3.72. The van der Waals surface area contributed by atoms with E-state index in [4.69, 9.17) is 5.11 Å². The lowest BCUT2D eigenvalue weighted by molar-refractivity contribution is -0.875. The summed E-state index contributed by atoms with van der Waals surface area (Å²) in [5.41, 5.74) is -1.88. The Bertz CT molecular complexity index is 477. The molecule has 5 heteroatoms. The van der Waals surface area contributed by atoms with Gasteiger partial charge < -0.3 is 14.7 Å². The Balaban J connectivity index is 4.33. The maximum absolute atomic E-state index is 12.3. The highest BCUT2D eigenvalue weighted by Gasteiger charge is 2.41. The van der Waals surface area contributed by atoms with Crippen LogP contribution in [-0.4, -0.2) is 59.7 Å². The van der Waals surface area contributed by atoms with Crippen LogP contribution in [-0.2, 0) is 9.59 Å². The van der Waals surface area contributed by atoms with Crippen LogP contribution in [0, 0.1) is 0 Å². The molecule has 0 saturated carbocycles. The molecule has 0 aromatic rings. The van der Waals surface area contributed by atoms with Crippen molar-refractivity contribution in [2.24, 2.45) is 0 Å². The zero-order valence-corrected chi connectivity index (χ0v) is 17.0. The van der Waals surface area contributed by atoms with Gasteiger partial charge in [-0.05, 0) is 18.9 Å². The number of ketones is 1. The zero-order valence-electron chi connectivity index (χ0n) is 17.0. The van der Waals surface area contributed by atoms with Crippen LogP contribution >= 0.6 is 0 Å². The van der Waals surface area contributed by atoms with Gasteiger partial charge >= 0.3 is 5.97 Å². The number of carboxylic acid groups (broad SMARTS) is 1. The SMILES string of the molecule is CCCCCCCCCC=CC=CC(=O)C(O)(CC(=O)O)C[N+](C)(C)C. The molecular formula is C21H38NO4+. The molecule has 0 radical (unpaired) electrons. The van der Waals surface area contributed by atoms with Crippen molar-refractivity contribution in [1.29, 1.82) is 0 Å². The van der Waals surface area contributed by atoms with Crippen LogP contribution < -0.4 is 0 Å². The van der Waals surface area contributed by atoms with Crippen LogP contribution in [0.25, 0.3) is 0 Å². The van der Waals surface area contributed by atoms with E-state index in [0.29, 0.717) is 4.48 Å². The van der Waals surface area contributed by atoms with Crippen molar-refractivity contribution in [3.8, 4) is 0 Å². The maximum Gasteiger partial charge on any atom is 0.307 e. The standard InChI is InChI=1S/C21H37NO4/c1-5-6-7-8-9-10-11-12-13-14-15-16-19(23)21(26,17-20(24)25)18-22(2,3)4/h13-16,26H,5-12,17-18H2,1-4H3/p+1. The number of carbonyl (C=O) groups excluding carboxylic acids is 1. The van der Waals surface area contributed by atoms with Crippen molar-refractivity contribution in [3.05, 3.63) is 24.3 Å². The molecule has 0 amide bonds. The van der Waals surface area contributed by atoms with Gasteiger partial charge in [-0.15, -0.1) is 0 Å². The molecule has 0 aliphatic rings. The highest BCUT2D eigenvalue weighted by atomic mass is 16.4. The van der Waals surface area contributed by atoms with Crippen LogP contribution in [0.4, 0.5) is 0 Å². The molecule has 0 rings (SSSR count). The van der Waals surface area contributed by atoms with Crippen LogP contribution in [0.15, 0.2) is 24.3 Å². The van der Waals surface area contributed by atoms with Gasteiger partial charge in [-0.25, -0.2) is 0 Å². The number of quaternary nitrogens is 1. The molecule has 2 N–H and O–H groups in total. The molecule has 0 fully saturated rings. The second kappa shape index (κ2) is 12.8. The molecule has 0 aliphatic carbocycles. The Labute approximate surface area is 159 Å². The number of carboxylic acids is 1. The minimum Gasteiger partial charge on any atom is -0.481 e. The van der Waals surface area contributed by atoms with Gasteiger partial charge in [0.15, 0.2) is 11.4 Å². The summed E-state index contributed by atoms with van der Waals surface area (Å²) in [6.45, 7) is 2.26. The Morgan fingerprint density at radius 2 is 1.54 bits per heavy atom. The lowest BCUT2D eigenvalue weighted by Gasteiger charge is -2.33. The lowest BCUT2D eigenvalue weighted by Crippen LogP contribution is -2.54. The summed E-state index contributed by atoms with van der Waals surface area (Å²) < 4.78 is 0.303. The fraction of sp³-hybridized carbons (Fsp3) is 0.714. The van der Waals surface area contributed by atoms with Gasteiger partial charge in [0.2, 0.25) is 0 Å². The second-order valence-electron chi connectivity index (χ2n) is 8.11. The number of hydrogen-bond donors (Lipinski definition) is 2. The van der Waals surface area contributed by atoms with Gasteiger partial charge in [0.05, 0.1) is 27.6 Å². The summed E-state index contributed by atoms with van der Waals surface area (Å²) in [6.07, 6.45) is 15.9. The van der Waals surface area contributed by atoms with E-state index in [2.05, 4.69) is 6.92 Å². The van der Waals surface area contributed by atoms with Gasteiger partial charge in [0.25, 0.3) is 0 Å². The summed E-state index contributed by atoms with van der Waals surface area (Å²) in [4.78, 5) is 23.3. The number of nitrogens with zero attached hydrogens (tertiary/aromatic N) is 1. The third kappa shape index (κ3) is 12.8. The third-order valence-electron chi connectivity index (χ3n) is 4.11. The Morgan fingerprint density at radius 1 is 0.962 bits per heavy atom. The summed E-state index contributed by atoms with van der Waals surface area (Å²) in [5, 5.41) is 19.5. The van der Waals surface area contributed by atoms with Crippen molar-refractivity contribution in [2.75, 3.05) is 27.7 Å². The summed E-state index contributed by atoms with van der Waals surface area (Å²) >= 11 is 0. The molecule has 0 heterocycles. The molecule has 26 heavy (non-hydrogen) atoms. The summed E-state index contributed by atoms with van der Waals surface area (Å²) in [7, 11) is 5.43. The van der Waals surface area contributed by atoms with Crippen LogP contribution in [0.5, 0.6) is 0 Å². The predicted molar refractivity (Wildman–Crippen MR) is 106 cm³/mol. The van der Waals surface area contributed by atoms with E-state index in [9.17, 15) is 14.7 Å². The largest absolute Gasteiger partial charge is 0.481 e. The first-order valence-electron chi connectivity index (χ1n) is 9.73. The van der Waals surface area contributed by atoms with Crippen molar-refractivity contribution < 1.29 is 24.3 Å². The molecule has 0 aliphatic heterocycles. The topological polar surface area (TPSA) is 74.6 Å².